The van der Waals surface area contributed by atoms with Gasteiger partial charge in [-0.3, -0.25) is 14.9 Å². The average Bonchev–Trinajstić information content (AvgIpc) is 2.42. The Bertz CT molecular complexity index is 731. The number of hydrogen-bond acceptors (Lipinski definition) is 4. The van der Waals surface area contributed by atoms with E-state index in [1.54, 1.807) is 6.07 Å². The number of halogens is 1. The van der Waals surface area contributed by atoms with E-state index in [9.17, 15) is 14.9 Å². The van der Waals surface area contributed by atoms with Gasteiger partial charge in [0, 0.05) is 21.8 Å². The van der Waals surface area contributed by atoms with Crippen LogP contribution in [0.2, 0.25) is 0 Å². The monoisotopic (exact) mass is 349 g/mol. The molecule has 1 amide bonds. The first-order valence-electron chi connectivity index (χ1n) is 6.00. The number of carbonyl (C=O) groups excluding carboxylic acids is 1. The quantitative estimate of drug-likeness (QED) is 0.503. The van der Waals surface area contributed by atoms with E-state index in [1.807, 2.05) is 19.1 Å². The number of benzene rings is 2. The number of hydrogen-bond donors (Lipinski definition) is 2. The lowest BCUT2D eigenvalue weighted by Gasteiger charge is -2.08. The number of rotatable bonds is 3. The van der Waals surface area contributed by atoms with Crippen molar-refractivity contribution in [2.24, 2.45) is 0 Å². The molecule has 0 aliphatic carbocycles. The average molecular weight is 350 g/mol. The van der Waals surface area contributed by atoms with Crippen molar-refractivity contribution in [1.82, 2.24) is 0 Å². The Morgan fingerprint density at radius 2 is 2.00 bits per heavy atom. The van der Waals surface area contributed by atoms with E-state index in [-0.39, 0.29) is 22.8 Å². The van der Waals surface area contributed by atoms with E-state index < -0.39 is 4.92 Å². The molecule has 2 aromatic carbocycles. The van der Waals surface area contributed by atoms with Crippen molar-refractivity contribution in [3.05, 3.63) is 62.1 Å². The van der Waals surface area contributed by atoms with Crippen LogP contribution < -0.4 is 11.1 Å². The van der Waals surface area contributed by atoms with Gasteiger partial charge in [-0.25, -0.2) is 0 Å². The Morgan fingerprint density at radius 3 is 2.57 bits per heavy atom. The number of nitro groups is 1. The SMILES string of the molecule is Cc1cc(NC(=O)c2ccc([N+](=O)[O-])c(N)c2)ccc1Br. The molecule has 3 N–H and O–H groups in total. The maximum absolute atomic E-state index is 12.1. The van der Waals surface area contributed by atoms with Gasteiger partial charge >= 0.3 is 0 Å². The van der Waals surface area contributed by atoms with Crippen LogP contribution in [0.15, 0.2) is 40.9 Å². The molecule has 0 spiro atoms. The molecule has 2 rings (SSSR count). The minimum absolute atomic E-state index is 0.0420. The van der Waals surface area contributed by atoms with Crippen LogP contribution in [-0.2, 0) is 0 Å². The lowest BCUT2D eigenvalue weighted by atomic mass is 10.1. The van der Waals surface area contributed by atoms with Crippen LogP contribution in [0.4, 0.5) is 17.1 Å². The van der Waals surface area contributed by atoms with Gasteiger partial charge in [0.25, 0.3) is 11.6 Å². The molecule has 0 heterocycles. The Labute approximate surface area is 129 Å². The molecule has 0 saturated carbocycles. The van der Waals surface area contributed by atoms with Crippen molar-refractivity contribution < 1.29 is 9.72 Å². The summed E-state index contributed by atoms with van der Waals surface area (Å²) < 4.78 is 0.945. The summed E-state index contributed by atoms with van der Waals surface area (Å²) in [5, 5.41) is 13.4. The maximum atomic E-state index is 12.1. The third kappa shape index (κ3) is 3.38. The van der Waals surface area contributed by atoms with Crippen LogP contribution in [0.5, 0.6) is 0 Å². The highest BCUT2D eigenvalue weighted by atomic mass is 79.9. The summed E-state index contributed by atoms with van der Waals surface area (Å²) in [5.74, 6) is -0.377. The fourth-order valence-corrected chi connectivity index (χ4v) is 2.03. The van der Waals surface area contributed by atoms with Crippen LogP contribution >= 0.6 is 15.9 Å². The van der Waals surface area contributed by atoms with Crippen molar-refractivity contribution in [2.45, 2.75) is 6.92 Å². The zero-order valence-electron chi connectivity index (χ0n) is 11.1. The number of anilines is 2. The number of nitrogens with two attached hydrogens (primary N) is 1. The first-order valence-corrected chi connectivity index (χ1v) is 6.79. The molecule has 21 heavy (non-hydrogen) atoms. The van der Waals surface area contributed by atoms with E-state index in [0.29, 0.717) is 5.69 Å². The van der Waals surface area contributed by atoms with Crippen LogP contribution in [0.25, 0.3) is 0 Å². The smallest absolute Gasteiger partial charge is 0.292 e. The van der Waals surface area contributed by atoms with E-state index in [0.717, 1.165) is 10.0 Å². The fourth-order valence-electron chi connectivity index (χ4n) is 1.79. The van der Waals surface area contributed by atoms with Gasteiger partial charge in [-0.1, -0.05) is 15.9 Å². The molecular formula is C14H12BrN3O3. The Balaban J connectivity index is 2.22. The number of nitrogens with zero attached hydrogens (tertiary/aromatic N) is 1. The number of aryl methyl sites for hydroxylation is 1. The van der Waals surface area contributed by atoms with E-state index in [1.165, 1.54) is 18.2 Å². The molecule has 0 atom stereocenters. The Hall–Kier alpha value is -2.41. The molecule has 2 aromatic rings. The molecule has 0 aliphatic rings. The standard InChI is InChI=1S/C14H12BrN3O3/c1-8-6-10(3-4-11(8)15)17-14(19)9-2-5-13(18(20)21)12(16)7-9/h2-7H,16H2,1H3,(H,17,19). The molecule has 6 nitrogen and oxygen atoms in total. The molecule has 0 fully saturated rings. The van der Waals surface area contributed by atoms with E-state index in [4.69, 9.17) is 5.73 Å². The molecule has 0 bridgehead atoms. The molecule has 108 valence electrons. The van der Waals surface area contributed by atoms with E-state index in [2.05, 4.69) is 21.2 Å². The van der Waals surface area contributed by atoms with Gasteiger partial charge in [-0.15, -0.1) is 0 Å². The van der Waals surface area contributed by atoms with Gasteiger partial charge in [0.1, 0.15) is 5.69 Å². The third-order valence-corrected chi connectivity index (χ3v) is 3.79. The van der Waals surface area contributed by atoms with Gasteiger partial charge in [0.2, 0.25) is 0 Å². The highest BCUT2D eigenvalue weighted by Crippen LogP contribution is 2.24. The zero-order chi connectivity index (χ0) is 15.6. The van der Waals surface area contributed by atoms with Gasteiger partial charge in [0.05, 0.1) is 4.92 Å². The van der Waals surface area contributed by atoms with Crippen LogP contribution in [0.3, 0.4) is 0 Å². The number of nitro benzene ring substituents is 1. The van der Waals surface area contributed by atoms with Gasteiger partial charge in [-0.2, -0.15) is 0 Å². The highest BCUT2D eigenvalue weighted by molar-refractivity contribution is 9.10. The molecule has 7 heteroatoms. The largest absolute Gasteiger partial charge is 0.393 e. The number of carbonyl (C=O) groups is 1. The number of amides is 1. The second kappa shape index (κ2) is 5.92. The molecule has 0 aromatic heterocycles. The summed E-state index contributed by atoms with van der Waals surface area (Å²) in [7, 11) is 0. The predicted octanol–water partition coefficient (Wildman–Crippen LogP) is 3.50. The summed E-state index contributed by atoms with van der Waals surface area (Å²) in [5.41, 5.74) is 7.19. The second-order valence-electron chi connectivity index (χ2n) is 4.45. The summed E-state index contributed by atoms with van der Waals surface area (Å²) in [6, 6.07) is 9.28. The van der Waals surface area contributed by atoms with Crippen molar-refractivity contribution >= 4 is 38.9 Å². The van der Waals surface area contributed by atoms with Crippen LogP contribution in [0, 0.1) is 17.0 Å². The molecule has 0 aliphatic heterocycles. The normalized spacial score (nSPS) is 10.2. The summed E-state index contributed by atoms with van der Waals surface area (Å²) in [6.07, 6.45) is 0. The Kier molecular flexibility index (Phi) is 4.23. The minimum Gasteiger partial charge on any atom is -0.393 e. The highest BCUT2D eigenvalue weighted by Gasteiger charge is 2.14. The minimum atomic E-state index is -0.588. The summed E-state index contributed by atoms with van der Waals surface area (Å²) >= 11 is 3.38. The van der Waals surface area contributed by atoms with Crippen molar-refractivity contribution in [2.75, 3.05) is 11.1 Å². The summed E-state index contributed by atoms with van der Waals surface area (Å²) in [6.45, 7) is 1.91. The molecular weight excluding hydrogens is 338 g/mol. The first-order chi connectivity index (χ1) is 9.88. The van der Waals surface area contributed by atoms with Gasteiger partial charge < -0.3 is 11.1 Å². The van der Waals surface area contributed by atoms with E-state index >= 15 is 0 Å². The molecule has 0 radical (unpaired) electrons. The fraction of sp³-hybridized carbons (Fsp3) is 0.0714. The predicted molar refractivity (Wildman–Crippen MR) is 84.3 cm³/mol. The topological polar surface area (TPSA) is 98.3 Å². The Morgan fingerprint density at radius 1 is 1.29 bits per heavy atom. The van der Waals surface area contributed by atoms with Gasteiger partial charge in [-0.05, 0) is 42.8 Å². The van der Waals surface area contributed by atoms with Crippen molar-refractivity contribution in [3.63, 3.8) is 0 Å². The van der Waals surface area contributed by atoms with Crippen LogP contribution in [0.1, 0.15) is 15.9 Å². The van der Waals surface area contributed by atoms with Gasteiger partial charge in [0.15, 0.2) is 0 Å². The zero-order valence-corrected chi connectivity index (χ0v) is 12.7. The first kappa shape index (κ1) is 15.0. The number of nitrogens with one attached hydrogen (secondary N) is 1. The third-order valence-electron chi connectivity index (χ3n) is 2.90. The number of nitrogen functional groups attached to an aromatic ring is 1. The van der Waals surface area contributed by atoms with Crippen molar-refractivity contribution in [3.8, 4) is 0 Å². The lowest BCUT2D eigenvalue weighted by Crippen LogP contribution is -2.12. The molecule has 0 unspecified atom stereocenters. The molecule has 0 saturated heterocycles. The lowest BCUT2D eigenvalue weighted by molar-refractivity contribution is -0.383. The van der Waals surface area contributed by atoms with Crippen LogP contribution in [-0.4, -0.2) is 10.8 Å². The van der Waals surface area contributed by atoms with Crippen molar-refractivity contribution in [1.29, 1.82) is 0 Å². The summed E-state index contributed by atoms with van der Waals surface area (Å²) in [4.78, 5) is 22.2. The maximum Gasteiger partial charge on any atom is 0.292 e. The second-order valence-corrected chi connectivity index (χ2v) is 5.30.